The van der Waals surface area contributed by atoms with Crippen LogP contribution in [-0.2, 0) is 0 Å². The molecule has 1 heterocycles. The standard InChI is InChI=1S/C17H21ClN2O3S/c1-9(2)8-23-15-13(18)6-12(7-14(15)22-5)16(21)20-17-19-10(3)11(4)24-17/h6-7,9H,8H2,1-5H3,(H,19,20,21). The SMILES string of the molecule is COc1cc(C(=O)Nc2nc(C)c(C)s2)cc(Cl)c1OCC(C)C. The lowest BCUT2D eigenvalue weighted by molar-refractivity contribution is 0.102. The van der Waals surface area contributed by atoms with Crippen LogP contribution in [0.3, 0.4) is 0 Å². The van der Waals surface area contributed by atoms with Crippen LogP contribution in [0.1, 0.15) is 34.8 Å². The van der Waals surface area contributed by atoms with Gasteiger partial charge < -0.3 is 9.47 Å². The van der Waals surface area contributed by atoms with E-state index in [-0.39, 0.29) is 5.91 Å². The Labute approximate surface area is 151 Å². The van der Waals surface area contributed by atoms with Gasteiger partial charge in [-0.25, -0.2) is 4.98 Å². The number of aromatic nitrogens is 1. The van der Waals surface area contributed by atoms with Crippen molar-refractivity contribution in [2.75, 3.05) is 19.0 Å². The number of thiazole rings is 1. The number of halogens is 1. The van der Waals surface area contributed by atoms with Gasteiger partial charge in [0.05, 0.1) is 24.4 Å². The minimum atomic E-state index is -0.292. The number of methoxy groups -OCH3 is 1. The molecule has 0 saturated carbocycles. The molecule has 0 fully saturated rings. The highest BCUT2D eigenvalue weighted by Gasteiger charge is 2.17. The number of nitrogens with one attached hydrogen (secondary N) is 1. The molecule has 2 aromatic rings. The molecule has 0 aliphatic heterocycles. The zero-order valence-electron chi connectivity index (χ0n) is 14.4. The van der Waals surface area contributed by atoms with Crippen molar-refractivity contribution < 1.29 is 14.3 Å². The second kappa shape index (κ2) is 7.85. The molecule has 1 aromatic heterocycles. The van der Waals surface area contributed by atoms with Crippen molar-refractivity contribution in [1.82, 2.24) is 4.98 Å². The Morgan fingerprint density at radius 1 is 1.38 bits per heavy atom. The maximum absolute atomic E-state index is 12.4. The molecule has 0 bridgehead atoms. The van der Waals surface area contributed by atoms with Crippen LogP contribution in [0.15, 0.2) is 12.1 Å². The average Bonchev–Trinajstić information content (AvgIpc) is 2.82. The van der Waals surface area contributed by atoms with Gasteiger partial charge in [0.25, 0.3) is 5.91 Å². The fourth-order valence-corrected chi connectivity index (χ4v) is 3.01. The van der Waals surface area contributed by atoms with E-state index in [1.165, 1.54) is 18.4 Å². The van der Waals surface area contributed by atoms with Gasteiger partial charge in [-0.2, -0.15) is 0 Å². The number of ether oxygens (including phenoxy) is 2. The molecule has 0 aliphatic rings. The fraction of sp³-hybridized carbons (Fsp3) is 0.412. The molecule has 0 unspecified atom stereocenters. The third-order valence-electron chi connectivity index (χ3n) is 3.30. The maximum atomic E-state index is 12.4. The summed E-state index contributed by atoms with van der Waals surface area (Å²) < 4.78 is 11.0. The first-order valence-electron chi connectivity index (χ1n) is 7.57. The van der Waals surface area contributed by atoms with E-state index in [0.717, 1.165) is 10.6 Å². The van der Waals surface area contributed by atoms with E-state index in [1.54, 1.807) is 12.1 Å². The number of hydrogen-bond acceptors (Lipinski definition) is 5. The first kappa shape index (κ1) is 18.5. The van der Waals surface area contributed by atoms with Crippen molar-refractivity contribution >= 4 is 34.0 Å². The lowest BCUT2D eigenvalue weighted by Gasteiger charge is -2.15. The topological polar surface area (TPSA) is 60.5 Å². The Bertz CT molecular complexity index is 724. The number of carbonyl (C=O) groups is 1. The summed E-state index contributed by atoms with van der Waals surface area (Å²) in [7, 11) is 1.52. The molecule has 0 radical (unpaired) electrons. The highest BCUT2D eigenvalue weighted by Crippen LogP contribution is 2.37. The summed E-state index contributed by atoms with van der Waals surface area (Å²) >= 11 is 7.71. The maximum Gasteiger partial charge on any atom is 0.257 e. The molecule has 2 rings (SSSR count). The van der Waals surface area contributed by atoms with Gasteiger partial charge >= 0.3 is 0 Å². The highest BCUT2D eigenvalue weighted by atomic mass is 35.5. The summed E-state index contributed by atoms with van der Waals surface area (Å²) in [5.74, 6) is 0.939. The first-order chi connectivity index (χ1) is 11.3. The van der Waals surface area contributed by atoms with E-state index < -0.39 is 0 Å². The van der Waals surface area contributed by atoms with E-state index in [2.05, 4.69) is 10.3 Å². The second-order valence-corrected chi connectivity index (χ2v) is 7.42. The predicted octanol–water partition coefficient (Wildman–Crippen LogP) is 4.71. The molecular formula is C17H21ClN2O3S. The summed E-state index contributed by atoms with van der Waals surface area (Å²) in [6, 6.07) is 3.19. The smallest absolute Gasteiger partial charge is 0.257 e. The van der Waals surface area contributed by atoms with E-state index in [0.29, 0.717) is 39.7 Å². The lowest BCUT2D eigenvalue weighted by atomic mass is 10.2. The molecule has 7 heteroatoms. The highest BCUT2D eigenvalue weighted by molar-refractivity contribution is 7.15. The number of rotatable bonds is 6. The molecule has 0 atom stereocenters. The van der Waals surface area contributed by atoms with E-state index in [4.69, 9.17) is 21.1 Å². The van der Waals surface area contributed by atoms with Gasteiger partial charge in [-0.05, 0) is 31.9 Å². The number of anilines is 1. The predicted molar refractivity (Wildman–Crippen MR) is 97.9 cm³/mol. The summed E-state index contributed by atoms with van der Waals surface area (Å²) in [6.45, 7) is 8.46. The Morgan fingerprint density at radius 2 is 2.08 bits per heavy atom. The van der Waals surface area contributed by atoms with Crippen molar-refractivity contribution in [3.05, 3.63) is 33.3 Å². The van der Waals surface area contributed by atoms with Crippen LogP contribution in [0.5, 0.6) is 11.5 Å². The third-order valence-corrected chi connectivity index (χ3v) is 4.57. The van der Waals surface area contributed by atoms with Crippen molar-refractivity contribution in [2.24, 2.45) is 5.92 Å². The third kappa shape index (κ3) is 4.39. The van der Waals surface area contributed by atoms with Crippen molar-refractivity contribution in [3.8, 4) is 11.5 Å². The molecule has 24 heavy (non-hydrogen) atoms. The van der Waals surface area contributed by atoms with Crippen LogP contribution in [0.2, 0.25) is 5.02 Å². The molecular weight excluding hydrogens is 348 g/mol. The fourth-order valence-electron chi connectivity index (χ4n) is 1.94. The number of benzene rings is 1. The van der Waals surface area contributed by atoms with Crippen LogP contribution in [0, 0.1) is 19.8 Å². The second-order valence-electron chi connectivity index (χ2n) is 5.81. The molecule has 1 aromatic carbocycles. The van der Waals surface area contributed by atoms with Crippen molar-refractivity contribution in [2.45, 2.75) is 27.7 Å². The molecule has 0 saturated heterocycles. The monoisotopic (exact) mass is 368 g/mol. The molecule has 0 spiro atoms. The van der Waals surface area contributed by atoms with E-state index >= 15 is 0 Å². The summed E-state index contributed by atoms with van der Waals surface area (Å²) in [5, 5.41) is 3.68. The van der Waals surface area contributed by atoms with Crippen LogP contribution in [0.4, 0.5) is 5.13 Å². The Morgan fingerprint density at radius 3 is 2.62 bits per heavy atom. The summed E-state index contributed by atoms with van der Waals surface area (Å²) in [4.78, 5) is 17.8. The normalized spacial score (nSPS) is 10.8. The lowest BCUT2D eigenvalue weighted by Crippen LogP contribution is -2.13. The number of hydrogen-bond donors (Lipinski definition) is 1. The Balaban J connectivity index is 2.23. The Kier molecular flexibility index (Phi) is 6.07. The van der Waals surface area contributed by atoms with Gasteiger partial charge in [-0.3, -0.25) is 10.1 Å². The van der Waals surface area contributed by atoms with E-state index in [1.807, 2.05) is 27.7 Å². The first-order valence-corrected chi connectivity index (χ1v) is 8.77. The number of amides is 1. The van der Waals surface area contributed by atoms with Gasteiger partial charge in [-0.1, -0.05) is 25.4 Å². The summed E-state index contributed by atoms with van der Waals surface area (Å²) in [5.41, 5.74) is 1.29. The molecule has 130 valence electrons. The minimum Gasteiger partial charge on any atom is -0.493 e. The van der Waals surface area contributed by atoms with Crippen LogP contribution < -0.4 is 14.8 Å². The molecule has 0 aliphatic carbocycles. The average molecular weight is 369 g/mol. The zero-order chi connectivity index (χ0) is 17.9. The Hall–Kier alpha value is -1.79. The van der Waals surface area contributed by atoms with Gasteiger partial charge in [0.15, 0.2) is 16.6 Å². The van der Waals surface area contributed by atoms with Gasteiger partial charge in [-0.15, -0.1) is 11.3 Å². The van der Waals surface area contributed by atoms with Gasteiger partial charge in [0.2, 0.25) is 0 Å². The largest absolute Gasteiger partial charge is 0.493 e. The number of carbonyl (C=O) groups excluding carboxylic acids is 1. The minimum absolute atomic E-state index is 0.292. The summed E-state index contributed by atoms with van der Waals surface area (Å²) in [6.07, 6.45) is 0. The zero-order valence-corrected chi connectivity index (χ0v) is 16.0. The van der Waals surface area contributed by atoms with Crippen molar-refractivity contribution in [3.63, 3.8) is 0 Å². The van der Waals surface area contributed by atoms with Crippen molar-refractivity contribution in [1.29, 1.82) is 0 Å². The number of nitrogens with zero attached hydrogens (tertiary/aromatic N) is 1. The van der Waals surface area contributed by atoms with E-state index in [9.17, 15) is 4.79 Å². The van der Waals surface area contributed by atoms with Gasteiger partial charge in [0, 0.05) is 10.4 Å². The number of aryl methyl sites for hydroxylation is 2. The van der Waals surface area contributed by atoms with Crippen LogP contribution >= 0.6 is 22.9 Å². The quantitative estimate of drug-likeness (QED) is 0.802. The molecule has 1 N–H and O–H groups in total. The molecule has 5 nitrogen and oxygen atoms in total. The molecule has 1 amide bonds. The van der Waals surface area contributed by atoms with Gasteiger partial charge in [0.1, 0.15) is 0 Å². The van der Waals surface area contributed by atoms with Crippen LogP contribution in [-0.4, -0.2) is 24.6 Å². The van der Waals surface area contributed by atoms with Crippen LogP contribution in [0.25, 0.3) is 0 Å².